The number of rotatable bonds is 4. The molecule has 5 heteroatoms. The molecule has 0 aliphatic heterocycles. The van der Waals surface area contributed by atoms with Crippen LogP contribution >= 0.6 is 11.3 Å². The number of thiophene rings is 1. The Morgan fingerprint density at radius 3 is 2.89 bits per heavy atom. The maximum Gasteiger partial charge on any atom is 0.248 e. The first kappa shape index (κ1) is 12.6. The van der Waals surface area contributed by atoms with E-state index in [4.69, 9.17) is 5.73 Å². The number of hydrogen-bond acceptors (Lipinski definition) is 3. The first-order chi connectivity index (χ1) is 8.58. The second kappa shape index (κ2) is 5.18. The van der Waals surface area contributed by atoms with Gasteiger partial charge in [0.2, 0.25) is 5.91 Å². The van der Waals surface area contributed by atoms with Crippen molar-refractivity contribution >= 4 is 22.9 Å². The second-order valence-corrected chi connectivity index (χ2v) is 4.96. The van der Waals surface area contributed by atoms with Crippen LogP contribution in [0.1, 0.15) is 20.8 Å². The van der Waals surface area contributed by atoms with Crippen molar-refractivity contribution in [1.29, 1.82) is 0 Å². The van der Waals surface area contributed by atoms with Crippen molar-refractivity contribution in [3.05, 3.63) is 51.5 Å². The number of benzene rings is 1. The van der Waals surface area contributed by atoms with Crippen LogP contribution in [0.4, 0.5) is 10.1 Å². The molecule has 3 N–H and O–H groups in total. The Hall–Kier alpha value is -1.88. The van der Waals surface area contributed by atoms with E-state index in [1.165, 1.54) is 0 Å². The molecule has 3 nitrogen and oxygen atoms in total. The Bertz CT molecular complexity index is 567. The van der Waals surface area contributed by atoms with E-state index < -0.39 is 11.7 Å². The number of hydrogen-bond donors (Lipinski definition) is 2. The lowest BCUT2D eigenvalue weighted by Crippen LogP contribution is -2.12. The summed E-state index contributed by atoms with van der Waals surface area (Å²) in [4.78, 5) is 12.2. The van der Waals surface area contributed by atoms with Crippen molar-refractivity contribution in [1.82, 2.24) is 0 Å². The minimum absolute atomic E-state index is 0.173. The fraction of sp³-hybridized carbons (Fsp3) is 0.154. The van der Waals surface area contributed by atoms with Gasteiger partial charge in [-0.1, -0.05) is 6.07 Å². The highest BCUT2D eigenvalue weighted by Gasteiger charge is 2.10. The molecule has 0 saturated heterocycles. The van der Waals surface area contributed by atoms with Gasteiger partial charge in [0.25, 0.3) is 0 Å². The SMILES string of the molecule is Cc1c(F)cc(C(N)=O)cc1NCc1cccs1. The highest BCUT2D eigenvalue weighted by Crippen LogP contribution is 2.22. The molecule has 2 rings (SSSR count). The van der Waals surface area contributed by atoms with Crippen LogP contribution in [0.3, 0.4) is 0 Å². The number of carbonyl (C=O) groups is 1. The van der Waals surface area contributed by atoms with Gasteiger partial charge in [-0.25, -0.2) is 4.39 Å². The topological polar surface area (TPSA) is 55.1 Å². The third kappa shape index (κ3) is 2.68. The molecule has 0 fully saturated rings. The summed E-state index contributed by atoms with van der Waals surface area (Å²) < 4.78 is 13.6. The van der Waals surface area contributed by atoms with Gasteiger partial charge < -0.3 is 11.1 Å². The molecule has 0 aliphatic rings. The van der Waals surface area contributed by atoms with Crippen LogP contribution in [0.15, 0.2) is 29.6 Å². The summed E-state index contributed by atoms with van der Waals surface area (Å²) in [5, 5.41) is 5.09. The summed E-state index contributed by atoms with van der Waals surface area (Å²) in [6.07, 6.45) is 0. The number of carbonyl (C=O) groups excluding carboxylic acids is 1. The van der Waals surface area contributed by atoms with E-state index in [-0.39, 0.29) is 5.56 Å². The van der Waals surface area contributed by atoms with E-state index in [2.05, 4.69) is 5.32 Å². The minimum Gasteiger partial charge on any atom is -0.380 e. The molecule has 94 valence electrons. The largest absolute Gasteiger partial charge is 0.380 e. The molecule has 0 unspecified atom stereocenters. The number of primary amides is 1. The van der Waals surface area contributed by atoms with Gasteiger partial charge in [0.05, 0.1) is 0 Å². The maximum absolute atomic E-state index is 13.6. The molecule has 1 aromatic heterocycles. The summed E-state index contributed by atoms with van der Waals surface area (Å²) in [7, 11) is 0. The lowest BCUT2D eigenvalue weighted by Gasteiger charge is -2.11. The van der Waals surface area contributed by atoms with Gasteiger partial charge in [-0.05, 0) is 30.5 Å². The summed E-state index contributed by atoms with van der Waals surface area (Å²) in [5.74, 6) is -1.06. The zero-order valence-corrected chi connectivity index (χ0v) is 10.7. The molecule has 1 aromatic carbocycles. The molecule has 0 radical (unpaired) electrons. The highest BCUT2D eigenvalue weighted by atomic mass is 32.1. The van der Waals surface area contributed by atoms with E-state index >= 15 is 0 Å². The molecule has 0 aliphatic carbocycles. The molecule has 1 heterocycles. The summed E-state index contributed by atoms with van der Waals surface area (Å²) in [5.41, 5.74) is 6.41. The van der Waals surface area contributed by atoms with Crippen LogP contribution in [0.25, 0.3) is 0 Å². The fourth-order valence-electron chi connectivity index (χ4n) is 1.60. The second-order valence-electron chi connectivity index (χ2n) is 3.93. The fourth-order valence-corrected chi connectivity index (χ4v) is 2.24. The van der Waals surface area contributed by atoms with Gasteiger partial charge in [-0.3, -0.25) is 4.79 Å². The van der Waals surface area contributed by atoms with Crippen molar-refractivity contribution in [2.24, 2.45) is 5.73 Å². The Morgan fingerprint density at radius 2 is 2.28 bits per heavy atom. The summed E-state index contributed by atoms with van der Waals surface area (Å²) in [6, 6.07) is 6.68. The number of amides is 1. The van der Waals surface area contributed by atoms with E-state index in [0.29, 0.717) is 17.8 Å². The van der Waals surface area contributed by atoms with Crippen molar-refractivity contribution in [2.45, 2.75) is 13.5 Å². The van der Waals surface area contributed by atoms with Crippen molar-refractivity contribution < 1.29 is 9.18 Å². The van der Waals surface area contributed by atoms with Crippen LogP contribution in [-0.4, -0.2) is 5.91 Å². The van der Waals surface area contributed by atoms with Gasteiger partial charge in [0.15, 0.2) is 0 Å². The lowest BCUT2D eigenvalue weighted by atomic mass is 10.1. The molecule has 18 heavy (non-hydrogen) atoms. The van der Waals surface area contributed by atoms with E-state index in [1.807, 2.05) is 17.5 Å². The maximum atomic E-state index is 13.6. The average Bonchev–Trinajstić information content (AvgIpc) is 2.83. The number of anilines is 1. The normalized spacial score (nSPS) is 10.3. The van der Waals surface area contributed by atoms with E-state index in [1.54, 1.807) is 24.3 Å². The van der Waals surface area contributed by atoms with Gasteiger partial charge in [0, 0.05) is 28.2 Å². The number of nitrogens with two attached hydrogens (primary N) is 1. The van der Waals surface area contributed by atoms with Crippen LogP contribution in [0.2, 0.25) is 0 Å². The van der Waals surface area contributed by atoms with Gasteiger partial charge in [0.1, 0.15) is 5.82 Å². The van der Waals surface area contributed by atoms with Crippen LogP contribution < -0.4 is 11.1 Å². The average molecular weight is 264 g/mol. The smallest absolute Gasteiger partial charge is 0.248 e. The molecule has 0 bridgehead atoms. The summed E-state index contributed by atoms with van der Waals surface area (Å²) >= 11 is 1.61. The molecule has 2 aromatic rings. The number of halogens is 1. The van der Waals surface area contributed by atoms with Crippen molar-refractivity contribution in [3.8, 4) is 0 Å². The Kier molecular flexibility index (Phi) is 3.62. The molecular formula is C13H13FN2OS. The van der Waals surface area contributed by atoms with E-state index in [0.717, 1.165) is 10.9 Å². The third-order valence-corrected chi connectivity index (χ3v) is 3.54. The van der Waals surface area contributed by atoms with Crippen molar-refractivity contribution in [2.75, 3.05) is 5.32 Å². The molecule has 0 spiro atoms. The van der Waals surface area contributed by atoms with Gasteiger partial charge >= 0.3 is 0 Å². The predicted molar refractivity (Wildman–Crippen MR) is 71.3 cm³/mol. The quantitative estimate of drug-likeness (QED) is 0.892. The third-order valence-electron chi connectivity index (χ3n) is 2.66. The van der Waals surface area contributed by atoms with Crippen LogP contribution in [-0.2, 0) is 6.54 Å². The Morgan fingerprint density at radius 1 is 1.50 bits per heavy atom. The Balaban J connectivity index is 2.23. The van der Waals surface area contributed by atoms with E-state index in [9.17, 15) is 9.18 Å². The zero-order valence-electron chi connectivity index (χ0n) is 9.87. The minimum atomic E-state index is -0.631. The molecule has 0 saturated carbocycles. The first-order valence-electron chi connectivity index (χ1n) is 5.44. The lowest BCUT2D eigenvalue weighted by molar-refractivity contribution is 0.1000. The monoisotopic (exact) mass is 264 g/mol. The van der Waals surface area contributed by atoms with Crippen LogP contribution in [0, 0.1) is 12.7 Å². The highest BCUT2D eigenvalue weighted by molar-refractivity contribution is 7.09. The molecule has 0 atom stereocenters. The van der Waals surface area contributed by atoms with Gasteiger partial charge in [-0.15, -0.1) is 11.3 Å². The molecule has 1 amide bonds. The Labute approximate surface area is 108 Å². The van der Waals surface area contributed by atoms with Crippen LogP contribution in [0.5, 0.6) is 0 Å². The number of nitrogens with one attached hydrogen (secondary N) is 1. The predicted octanol–water partition coefficient (Wildman–Crippen LogP) is 2.91. The van der Waals surface area contributed by atoms with Gasteiger partial charge in [-0.2, -0.15) is 0 Å². The summed E-state index contributed by atoms with van der Waals surface area (Å²) in [6.45, 7) is 2.26. The molecular weight excluding hydrogens is 251 g/mol. The first-order valence-corrected chi connectivity index (χ1v) is 6.32. The zero-order chi connectivity index (χ0) is 13.1. The van der Waals surface area contributed by atoms with Crippen molar-refractivity contribution in [3.63, 3.8) is 0 Å². The standard InChI is InChI=1S/C13H13FN2OS/c1-8-11(14)5-9(13(15)17)6-12(8)16-7-10-3-2-4-18-10/h2-6,16H,7H2,1H3,(H2,15,17).